The third-order valence-corrected chi connectivity index (χ3v) is 3.36. The van der Waals surface area contributed by atoms with E-state index in [9.17, 15) is 9.90 Å². The fourth-order valence-corrected chi connectivity index (χ4v) is 2.74. The molecule has 104 valence electrons. The van der Waals surface area contributed by atoms with Crippen LogP contribution in [0.5, 0.6) is 5.75 Å². The van der Waals surface area contributed by atoms with Gasteiger partial charge < -0.3 is 5.11 Å². The van der Waals surface area contributed by atoms with Crippen molar-refractivity contribution in [2.45, 2.75) is 6.92 Å². The third-order valence-electron chi connectivity index (χ3n) is 2.30. The summed E-state index contributed by atoms with van der Waals surface area (Å²) in [6.45, 7) is 1.71. The molecule has 0 radical (unpaired) electrons. The minimum atomic E-state index is -0.261. The third kappa shape index (κ3) is 3.67. The Labute approximate surface area is 131 Å². The number of nitrogens with one attached hydrogen (secondary N) is 2. The molecule has 0 fully saturated rings. The summed E-state index contributed by atoms with van der Waals surface area (Å²) in [4.78, 5) is 17.8. The number of hydrogen-bond donors (Lipinski definition) is 3. The Morgan fingerprint density at radius 1 is 1.40 bits per heavy atom. The van der Waals surface area contributed by atoms with Gasteiger partial charge in [0, 0.05) is 21.8 Å². The van der Waals surface area contributed by atoms with Crippen LogP contribution in [0.4, 0.5) is 5.95 Å². The lowest BCUT2D eigenvalue weighted by Gasteiger charge is -2.03. The van der Waals surface area contributed by atoms with Crippen LogP contribution in [0, 0.1) is 6.92 Å². The monoisotopic (exact) mass is 400 g/mol. The molecule has 0 unspecified atom stereocenters. The number of aromatic hydroxyl groups is 1. The van der Waals surface area contributed by atoms with Crippen molar-refractivity contribution in [3.8, 4) is 5.75 Å². The van der Waals surface area contributed by atoms with Crippen molar-refractivity contribution in [3.63, 3.8) is 0 Å². The molecule has 0 amide bonds. The summed E-state index contributed by atoms with van der Waals surface area (Å²) in [5.41, 5.74) is 3.43. The standard InChI is InChI=1S/C12H10Br2N4O2/c1-6-2-10(19)17-12(16-6)18-15-5-7-3-8(13)4-9(14)11(7)20/h2-5,20H,1H3,(H2,16,17,18,19). The molecule has 1 aromatic heterocycles. The Morgan fingerprint density at radius 2 is 2.15 bits per heavy atom. The zero-order valence-corrected chi connectivity index (χ0v) is 13.5. The van der Waals surface area contributed by atoms with E-state index in [0.717, 1.165) is 4.47 Å². The van der Waals surface area contributed by atoms with Crippen molar-refractivity contribution in [2.75, 3.05) is 5.43 Å². The normalized spacial score (nSPS) is 10.9. The van der Waals surface area contributed by atoms with Gasteiger partial charge in [0.25, 0.3) is 5.56 Å². The topological polar surface area (TPSA) is 90.4 Å². The highest BCUT2D eigenvalue weighted by molar-refractivity contribution is 9.11. The minimum Gasteiger partial charge on any atom is -0.506 e. The molecule has 20 heavy (non-hydrogen) atoms. The van der Waals surface area contributed by atoms with Gasteiger partial charge in [0.15, 0.2) is 0 Å². The Hall–Kier alpha value is -1.67. The first-order chi connectivity index (χ1) is 9.45. The van der Waals surface area contributed by atoms with E-state index in [1.807, 2.05) is 0 Å². The first kappa shape index (κ1) is 14.7. The lowest BCUT2D eigenvalue weighted by atomic mass is 10.2. The van der Waals surface area contributed by atoms with E-state index in [0.29, 0.717) is 15.7 Å². The van der Waals surface area contributed by atoms with Crippen molar-refractivity contribution in [3.05, 3.63) is 48.8 Å². The summed E-state index contributed by atoms with van der Waals surface area (Å²) in [6, 6.07) is 4.81. The number of aryl methyl sites for hydroxylation is 1. The van der Waals surface area contributed by atoms with E-state index < -0.39 is 0 Å². The van der Waals surface area contributed by atoms with E-state index in [1.165, 1.54) is 12.3 Å². The zero-order valence-electron chi connectivity index (χ0n) is 10.3. The number of aromatic amines is 1. The van der Waals surface area contributed by atoms with E-state index >= 15 is 0 Å². The quantitative estimate of drug-likeness (QED) is 0.544. The Balaban J connectivity index is 2.20. The van der Waals surface area contributed by atoms with Gasteiger partial charge in [-0.25, -0.2) is 10.4 Å². The summed E-state index contributed by atoms with van der Waals surface area (Å²) < 4.78 is 1.35. The number of hydrazone groups is 1. The van der Waals surface area contributed by atoms with Gasteiger partial charge in [-0.1, -0.05) is 15.9 Å². The fraction of sp³-hybridized carbons (Fsp3) is 0.0833. The molecule has 6 nitrogen and oxygen atoms in total. The molecule has 3 N–H and O–H groups in total. The van der Waals surface area contributed by atoms with Crippen LogP contribution in [0.25, 0.3) is 0 Å². The number of nitrogens with zero attached hydrogens (tertiary/aromatic N) is 2. The van der Waals surface area contributed by atoms with Gasteiger partial charge in [-0.2, -0.15) is 5.10 Å². The number of H-pyrrole nitrogens is 1. The summed E-state index contributed by atoms with van der Waals surface area (Å²) in [6.07, 6.45) is 1.42. The summed E-state index contributed by atoms with van der Waals surface area (Å²) in [5, 5.41) is 13.8. The van der Waals surface area contributed by atoms with Crippen LogP contribution < -0.4 is 11.0 Å². The first-order valence-corrected chi connectivity index (χ1v) is 7.09. The highest BCUT2D eigenvalue weighted by Crippen LogP contribution is 2.30. The molecule has 0 spiro atoms. The molecule has 1 aromatic carbocycles. The van der Waals surface area contributed by atoms with Crippen molar-refractivity contribution >= 4 is 44.0 Å². The minimum absolute atomic E-state index is 0.0736. The molecule has 0 bridgehead atoms. The van der Waals surface area contributed by atoms with Crippen LogP contribution in [0.1, 0.15) is 11.3 Å². The zero-order chi connectivity index (χ0) is 14.7. The van der Waals surface area contributed by atoms with Gasteiger partial charge in [0.1, 0.15) is 5.75 Å². The Kier molecular flexibility index (Phi) is 4.56. The molecule has 2 aromatic rings. The molecule has 0 aliphatic rings. The molecular formula is C12H10Br2N4O2. The predicted molar refractivity (Wildman–Crippen MR) is 84.3 cm³/mol. The lowest BCUT2D eigenvalue weighted by Crippen LogP contribution is -2.10. The van der Waals surface area contributed by atoms with Gasteiger partial charge >= 0.3 is 0 Å². The van der Waals surface area contributed by atoms with Crippen molar-refractivity contribution in [1.82, 2.24) is 9.97 Å². The fourth-order valence-electron chi connectivity index (χ4n) is 1.48. The predicted octanol–water partition coefficient (Wildman–Crippen LogP) is 2.75. The molecule has 0 atom stereocenters. The number of anilines is 1. The van der Waals surface area contributed by atoms with Gasteiger partial charge in [-0.05, 0) is 35.0 Å². The second kappa shape index (κ2) is 6.19. The average molecular weight is 402 g/mol. The van der Waals surface area contributed by atoms with Crippen molar-refractivity contribution in [2.24, 2.45) is 5.10 Å². The molecular weight excluding hydrogens is 392 g/mol. The Morgan fingerprint density at radius 3 is 2.85 bits per heavy atom. The molecule has 1 heterocycles. The molecule has 0 saturated carbocycles. The van der Waals surface area contributed by atoms with Crippen LogP contribution in [0.3, 0.4) is 0 Å². The molecule has 0 aliphatic carbocycles. The summed E-state index contributed by atoms with van der Waals surface area (Å²) >= 11 is 6.55. The highest BCUT2D eigenvalue weighted by Gasteiger charge is 2.05. The number of aromatic nitrogens is 2. The van der Waals surface area contributed by atoms with E-state index in [4.69, 9.17) is 0 Å². The second-order valence-corrected chi connectivity index (χ2v) is 5.70. The smallest absolute Gasteiger partial charge is 0.252 e. The summed E-state index contributed by atoms with van der Waals surface area (Å²) in [5.74, 6) is 0.309. The van der Waals surface area contributed by atoms with Crippen molar-refractivity contribution < 1.29 is 5.11 Å². The van der Waals surface area contributed by atoms with Gasteiger partial charge in [-0.3, -0.25) is 9.78 Å². The van der Waals surface area contributed by atoms with E-state index in [-0.39, 0.29) is 17.3 Å². The van der Waals surface area contributed by atoms with Gasteiger partial charge in [0.2, 0.25) is 5.95 Å². The number of halogens is 2. The van der Waals surface area contributed by atoms with E-state index in [2.05, 4.69) is 52.4 Å². The highest BCUT2D eigenvalue weighted by atomic mass is 79.9. The largest absolute Gasteiger partial charge is 0.506 e. The number of phenolic OH excluding ortho intramolecular Hbond substituents is 1. The average Bonchev–Trinajstić information content (AvgIpc) is 2.34. The SMILES string of the molecule is Cc1cc(=O)[nH]c(NN=Cc2cc(Br)cc(Br)c2O)n1. The number of benzene rings is 1. The van der Waals surface area contributed by atoms with Crippen LogP contribution >= 0.6 is 31.9 Å². The maximum Gasteiger partial charge on any atom is 0.252 e. The molecule has 2 rings (SSSR count). The maximum atomic E-state index is 11.2. The van der Waals surface area contributed by atoms with Crippen LogP contribution in [-0.2, 0) is 0 Å². The number of phenols is 1. The maximum absolute atomic E-state index is 11.2. The van der Waals surface area contributed by atoms with Gasteiger partial charge in [-0.15, -0.1) is 0 Å². The van der Waals surface area contributed by atoms with Crippen LogP contribution in [0.2, 0.25) is 0 Å². The van der Waals surface area contributed by atoms with Gasteiger partial charge in [0.05, 0.1) is 10.7 Å². The molecule has 8 heteroatoms. The second-order valence-electron chi connectivity index (χ2n) is 3.93. The Bertz CT molecular complexity index is 728. The lowest BCUT2D eigenvalue weighted by molar-refractivity contribution is 0.471. The van der Waals surface area contributed by atoms with Crippen molar-refractivity contribution in [1.29, 1.82) is 0 Å². The molecule has 0 saturated heterocycles. The number of rotatable bonds is 3. The number of hydrogen-bond acceptors (Lipinski definition) is 5. The molecule has 0 aliphatic heterocycles. The van der Waals surface area contributed by atoms with E-state index in [1.54, 1.807) is 19.1 Å². The van der Waals surface area contributed by atoms with Crippen LogP contribution in [-0.4, -0.2) is 21.3 Å². The summed E-state index contributed by atoms with van der Waals surface area (Å²) in [7, 11) is 0. The van der Waals surface area contributed by atoms with Crippen LogP contribution in [0.15, 0.2) is 37.0 Å². The first-order valence-electron chi connectivity index (χ1n) is 5.51.